The normalized spacial score (nSPS) is 21.7. The van der Waals surface area contributed by atoms with E-state index in [-0.39, 0.29) is 0 Å². The Morgan fingerprint density at radius 2 is 2.19 bits per heavy atom. The lowest BCUT2D eigenvalue weighted by atomic mass is 10.1. The first-order valence-electron chi connectivity index (χ1n) is 8.05. The van der Waals surface area contributed by atoms with E-state index in [0.717, 1.165) is 43.9 Å². The summed E-state index contributed by atoms with van der Waals surface area (Å²) in [5.41, 5.74) is 1.31. The fraction of sp³-hybridized carbons (Fsp3) is 0.647. The Labute approximate surface area is 126 Å². The lowest BCUT2D eigenvalue weighted by Crippen LogP contribution is -2.29. The Kier molecular flexibility index (Phi) is 4.99. The maximum atomic E-state index is 5.64. The van der Waals surface area contributed by atoms with Crippen LogP contribution >= 0.6 is 0 Å². The van der Waals surface area contributed by atoms with E-state index in [0.29, 0.717) is 18.9 Å². The second kappa shape index (κ2) is 7.14. The molecule has 0 aromatic heterocycles. The molecule has 2 aliphatic heterocycles. The molecule has 1 saturated heterocycles. The molecule has 2 aliphatic rings. The fourth-order valence-corrected chi connectivity index (χ4v) is 2.94. The topological polar surface area (TPSA) is 39.7 Å². The Morgan fingerprint density at radius 3 is 3.05 bits per heavy atom. The summed E-state index contributed by atoms with van der Waals surface area (Å²) in [5, 5.41) is 3.60. The highest BCUT2D eigenvalue weighted by atomic mass is 16.7. The summed E-state index contributed by atoms with van der Waals surface area (Å²) < 4.78 is 16.4. The molecule has 1 fully saturated rings. The van der Waals surface area contributed by atoms with Gasteiger partial charge in [0, 0.05) is 12.6 Å². The Morgan fingerprint density at radius 1 is 1.29 bits per heavy atom. The Balaban J connectivity index is 1.36. The molecule has 0 amide bonds. The van der Waals surface area contributed by atoms with Crippen LogP contribution in [0.4, 0.5) is 0 Å². The highest BCUT2D eigenvalue weighted by Crippen LogP contribution is 2.32. The van der Waals surface area contributed by atoms with Crippen molar-refractivity contribution in [2.75, 3.05) is 19.9 Å². The van der Waals surface area contributed by atoms with E-state index < -0.39 is 0 Å². The van der Waals surface area contributed by atoms with Gasteiger partial charge in [-0.1, -0.05) is 6.07 Å². The van der Waals surface area contributed by atoms with Gasteiger partial charge >= 0.3 is 0 Å². The van der Waals surface area contributed by atoms with Crippen LogP contribution in [0.25, 0.3) is 0 Å². The maximum Gasteiger partial charge on any atom is 0.231 e. The lowest BCUT2D eigenvalue weighted by molar-refractivity contribution is 0.103. The minimum atomic E-state index is 0.347. The number of hydrogen-bond donors (Lipinski definition) is 1. The molecule has 3 rings (SSSR count). The van der Waals surface area contributed by atoms with Crippen molar-refractivity contribution < 1.29 is 14.2 Å². The van der Waals surface area contributed by atoms with Crippen molar-refractivity contribution in [2.45, 2.75) is 51.2 Å². The zero-order chi connectivity index (χ0) is 14.5. The van der Waals surface area contributed by atoms with Gasteiger partial charge in [0.25, 0.3) is 0 Å². The van der Waals surface area contributed by atoms with Crippen molar-refractivity contribution >= 4 is 0 Å². The molecule has 4 nitrogen and oxygen atoms in total. The zero-order valence-corrected chi connectivity index (χ0v) is 12.8. The molecule has 1 aromatic rings. The second-order valence-corrected chi connectivity index (χ2v) is 6.01. The molecule has 1 aromatic carbocycles. The van der Waals surface area contributed by atoms with Gasteiger partial charge in [0.1, 0.15) is 0 Å². The predicted octanol–water partition coefficient (Wildman–Crippen LogP) is 2.90. The molecule has 21 heavy (non-hydrogen) atoms. The lowest BCUT2D eigenvalue weighted by Gasteiger charge is -2.15. The number of nitrogens with one attached hydrogen (secondary N) is 1. The summed E-state index contributed by atoms with van der Waals surface area (Å²) in [6.45, 7) is 4.60. The zero-order valence-electron chi connectivity index (χ0n) is 12.8. The van der Waals surface area contributed by atoms with Crippen LogP contribution in [0.5, 0.6) is 11.5 Å². The van der Waals surface area contributed by atoms with E-state index in [9.17, 15) is 0 Å². The smallest absolute Gasteiger partial charge is 0.231 e. The van der Waals surface area contributed by atoms with Crippen LogP contribution in [0.15, 0.2) is 18.2 Å². The summed E-state index contributed by atoms with van der Waals surface area (Å²) in [4.78, 5) is 0. The molecule has 1 N–H and O–H groups in total. The van der Waals surface area contributed by atoms with Gasteiger partial charge in [-0.15, -0.1) is 0 Å². The van der Waals surface area contributed by atoms with Gasteiger partial charge in [-0.2, -0.15) is 0 Å². The van der Waals surface area contributed by atoms with Gasteiger partial charge in [-0.05, 0) is 63.3 Å². The van der Waals surface area contributed by atoms with E-state index in [1.807, 2.05) is 6.07 Å². The minimum Gasteiger partial charge on any atom is -0.454 e. The van der Waals surface area contributed by atoms with Crippen LogP contribution in [0.2, 0.25) is 0 Å². The van der Waals surface area contributed by atoms with Gasteiger partial charge < -0.3 is 19.5 Å². The van der Waals surface area contributed by atoms with Crippen molar-refractivity contribution in [3.05, 3.63) is 23.8 Å². The molecule has 0 saturated carbocycles. The van der Waals surface area contributed by atoms with Gasteiger partial charge in [0.05, 0.1) is 6.10 Å². The monoisotopic (exact) mass is 291 g/mol. The third-order valence-corrected chi connectivity index (χ3v) is 4.29. The Bertz CT molecular complexity index is 457. The van der Waals surface area contributed by atoms with Crippen molar-refractivity contribution in [3.63, 3.8) is 0 Å². The summed E-state index contributed by atoms with van der Waals surface area (Å²) in [6, 6.07) is 6.76. The quantitative estimate of drug-likeness (QED) is 0.838. The van der Waals surface area contributed by atoms with Crippen LogP contribution in [-0.4, -0.2) is 32.1 Å². The second-order valence-electron chi connectivity index (χ2n) is 6.01. The highest BCUT2D eigenvalue weighted by molar-refractivity contribution is 5.44. The van der Waals surface area contributed by atoms with E-state index >= 15 is 0 Å². The molecule has 0 bridgehead atoms. The van der Waals surface area contributed by atoms with Crippen LogP contribution < -0.4 is 14.8 Å². The number of aryl methyl sites for hydroxylation is 1. The first-order chi connectivity index (χ1) is 10.3. The predicted molar refractivity (Wildman–Crippen MR) is 81.9 cm³/mol. The van der Waals surface area contributed by atoms with E-state index in [4.69, 9.17) is 14.2 Å². The van der Waals surface area contributed by atoms with Crippen LogP contribution in [-0.2, 0) is 11.2 Å². The third-order valence-electron chi connectivity index (χ3n) is 4.29. The first-order valence-corrected chi connectivity index (χ1v) is 8.05. The number of ether oxygens (including phenoxy) is 3. The number of fused-ring (bicyclic) bond motifs is 1. The number of hydrogen-bond acceptors (Lipinski definition) is 4. The van der Waals surface area contributed by atoms with Gasteiger partial charge in [-0.25, -0.2) is 0 Å². The Hall–Kier alpha value is -1.26. The molecule has 4 heteroatoms. The van der Waals surface area contributed by atoms with Crippen molar-refractivity contribution in [1.82, 2.24) is 5.32 Å². The summed E-state index contributed by atoms with van der Waals surface area (Å²) in [5.74, 6) is 1.74. The van der Waals surface area contributed by atoms with Crippen LogP contribution in [0.1, 0.15) is 38.2 Å². The maximum absolute atomic E-state index is 5.64. The molecule has 116 valence electrons. The van der Waals surface area contributed by atoms with Crippen LogP contribution in [0.3, 0.4) is 0 Å². The molecular formula is C17H25NO3. The largest absolute Gasteiger partial charge is 0.454 e. The van der Waals surface area contributed by atoms with Gasteiger partial charge in [0.15, 0.2) is 11.5 Å². The molecule has 2 atom stereocenters. The molecule has 0 aliphatic carbocycles. The van der Waals surface area contributed by atoms with Gasteiger partial charge in [0.2, 0.25) is 6.79 Å². The third kappa shape index (κ3) is 4.11. The van der Waals surface area contributed by atoms with Gasteiger partial charge in [-0.3, -0.25) is 0 Å². The van der Waals surface area contributed by atoms with E-state index in [1.54, 1.807) is 0 Å². The standard InChI is InChI=1S/C17H25NO3/c1-13(18-9-8-15-3-2-10-19-15)4-5-14-6-7-16-17(11-14)21-12-20-16/h6-7,11,13,15,18H,2-5,8-10,12H2,1H3. The molecule has 2 unspecified atom stereocenters. The van der Waals surface area contributed by atoms with Crippen molar-refractivity contribution in [2.24, 2.45) is 0 Å². The summed E-state index contributed by atoms with van der Waals surface area (Å²) >= 11 is 0. The average molecular weight is 291 g/mol. The summed E-state index contributed by atoms with van der Waals surface area (Å²) in [7, 11) is 0. The van der Waals surface area contributed by atoms with Crippen molar-refractivity contribution in [3.8, 4) is 11.5 Å². The molecular weight excluding hydrogens is 266 g/mol. The number of rotatable bonds is 7. The van der Waals surface area contributed by atoms with Crippen LogP contribution in [0, 0.1) is 0 Å². The highest BCUT2D eigenvalue weighted by Gasteiger charge is 2.15. The number of benzene rings is 1. The fourth-order valence-electron chi connectivity index (χ4n) is 2.94. The molecule has 0 spiro atoms. The van der Waals surface area contributed by atoms with E-state index in [1.165, 1.54) is 18.4 Å². The first kappa shape index (κ1) is 14.7. The minimum absolute atomic E-state index is 0.347. The molecule has 2 heterocycles. The SMILES string of the molecule is CC(CCc1ccc2c(c1)OCO2)NCCC1CCCO1. The average Bonchev–Trinajstić information content (AvgIpc) is 3.15. The van der Waals surface area contributed by atoms with E-state index in [2.05, 4.69) is 24.4 Å². The summed E-state index contributed by atoms with van der Waals surface area (Å²) in [6.07, 6.45) is 6.26. The molecule has 0 radical (unpaired) electrons. The van der Waals surface area contributed by atoms with Crippen molar-refractivity contribution in [1.29, 1.82) is 0 Å².